The lowest BCUT2D eigenvalue weighted by Crippen LogP contribution is -2.34. The van der Waals surface area contributed by atoms with E-state index in [2.05, 4.69) is 4.72 Å². The van der Waals surface area contributed by atoms with Crippen molar-refractivity contribution in [3.8, 4) is 11.5 Å². The Morgan fingerprint density at radius 3 is 2.44 bits per heavy atom. The number of fused-ring (bicyclic) bond motifs is 1. The SMILES string of the molecule is COC(=O)C1=COc2ccc(OC)cc2C1NS(=O)(=O)c1ccc(C)cc1. The zero-order chi connectivity index (χ0) is 19.6. The van der Waals surface area contributed by atoms with Crippen LogP contribution >= 0.6 is 0 Å². The smallest absolute Gasteiger partial charge is 0.338 e. The van der Waals surface area contributed by atoms with Crippen LogP contribution in [0.4, 0.5) is 0 Å². The molecule has 1 aliphatic rings. The highest BCUT2D eigenvalue weighted by Crippen LogP contribution is 2.38. The Kier molecular flexibility index (Phi) is 5.20. The van der Waals surface area contributed by atoms with Crippen molar-refractivity contribution in [1.29, 1.82) is 0 Å². The predicted molar refractivity (Wildman–Crippen MR) is 98.0 cm³/mol. The molecule has 1 N–H and O–H groups in total. The highest BCUT2D eigenvalue weighted by atomic mass is 32.2. The number of sulfonamides is 1. The number of aryl methyl sites for hydroxylation is 1. The monoisotopic (exact) mass is 389 g/mol. The van der Waals surface area contributed by atoms with Crippen molar-refractivity contribution in [2.45, 2.75) is 17.9 Å². The summed E-state index contributed by atoms with van der Waals surface area (Å²) in [5.74, 6) is 0.225. The van der Waals surface area contributed by atoms with Gasteiger partial charge in [0.2, 0.25) is 10.0 Å². The van der Waals surface area contributed by atoms with Crippen LogP contribution in [0.5, 0.6) is 11.5 Å². The molecule has 0 radical (unpaired) electrons. The maximum Gasteiger partial charge on any atom is 0.338 e. The van der Waals surface area contributed by atoms with Gasteiger partial charge in [0.1, 0.15) is 17.8 Å². The Bertz CT molecular complexity index is 995. The second-order valence-corrected chi connectivity index (χ2v) is 7.67. The molecule has 0 saturated heterocycles. The molecule has 8 heteroatoms. The maximum atomic E-state index is 12.9. The second kappa shape index (κ2) is 7.42. The van der Waals surface area contributed by atoms with E-state index >= 15 is 0 Å². The lowest BCUT2D eigenvalue weighted by Gasteiger charge is -2.26. The van der Waals surface area contributed by atoms with Crippen molar-refractivity contribution >= 4 is 16.0 Å². The molecule has 0 fully saturated rings. The van der Waals surface area contributed by atoms with Gasteiger partial charge in [0.15, 0.2) is 0 Å². The van der Waals surface area contributed by atoms with Gasteiger partial charge in [-0.25, -0.2) is 13.2 Å². The minimum absolute atomic E-state index is 0.0361. The van der Waals surface area contributed by atoms with E-state index in [-0.39, 0.29) is 10.5 Å². The summed E-state index contributed by atoms with van der Waals surface area (Å²) in [5, 5.41) is 0. The van der Waals surface area contributed by atoms with Crippen molar-refractivity contribution in [2.24, 2.45) is 0 Å². The number of hydrogen-bond donors (Lipinski definition) is 1. The molecule has 2 aromatic rings. The van der Waals surface area contributed by atoms with E-state index in [4.69, 9.17) is 14.2 Å². The summed E-state index contributed by atoms with van der Waals surface area (Å²) >= 11 is 0. The molecule has 27 heavy (non-hydrogen) atoms. The van der Waals surface area contributed by atoms with Gasteiger partial charge >= 0.3 is 5.97 Å². The van der Waals surface area contributed by atoms with Gasteiger partial charge in [0.05, 0.1) is 30.7 Å². The number of carbonyl (C=O) groups is 1. The summed E-state index contributed by atoms with van der Waals surface area (Å²) in [6.45, 7) is 1.86. The average molecular weight is 389 g/mol. The predicted octanol–water partition coefficient (Wildman–Crippen LogP) is 2.47. The first kappa shape index (κ1) is 18.9. The zero-order valence-electron chi connectivity index (χ0n) is 15.1. The van der Waals surface area contributed by atoms with Crippen LogP contribution in [0.25, 0.3) is 0 Å². The first-order chi connectivity index (χ1) is 12.9. The highest BCUT2D eigenvalue weighted by molar-refractivity contribution is 7.89. The normalized spacial score (nSPS) is 16.0. The molecule has 0 aromatic heterocycles. The topological polar surface area (TPSA) is 90.9 Å². The Morgan fingerprint density at radius 2 is 1.81 bits per heavy atom. The van der Waals surface area contributed by atoms with Crippen LogP contribution < -0.4 is 14.2 Å². The zero-order valence-corrected chi connectivity index (χ0v) is 15.9. The molecule has 2 aromatic carbocycles. The molecule has 1 atom stereocenters. The second-order valence-electron chi connectivity index (χ2n) is 5.95. The number of nitrogens with one attached hydrogen (secondary N) is 1. The summed E-state index contributed by atoms with van der Waals surface area (Å²) in [6.07, 6.45) is 1.20. The third-order valence-electron chi connectivity index (χ3n) is 4.18. The van der Waals surface area contributed by atoms with E-state index < -0.39 is 22.0 Å². The molecule has 0 saturated carbocycles. The minimum atomic E-state index is -3.91. The number of esters is 1. The van der Waals surface area contributed by atoms with Crippen molar-refractivity contribution in [1.82, 2.24) is 4.72 Å². The third-order valence-corrected chi connectivity index (χ3v) is 5.62. The fourth-order valence-corrected chi connectivity index (χ4v) is 3.90. The summed E-state index contributed by atoms with van der Waals surface area (Å²) in [4.78, 5) is 12.3. The molecule has 1 unspecified atom stereocenters. The van der Waals surface area contributed by atoms with Crippen LogP contribution in [-0.4, -0.2) is 28.6 Å². The summed E-state index contributed by atoms with van der Waals surface area (Å²) in [6, 6.07) is 10.4. The standard InChI is InChI=1S/C19H19NO6S/c1-12-4-7-14(8-5-12)27(22,23)20-18-15-10-13(24-2)6-9-17(15)26-11-16(18)19(21)25-3/h4-11,18,20H,1-3H3. The summed E-state index contributed by atoms with van der Waals surface area (Å²) in [5.41, 5.74) is 1.42. The van der Waals surface area contributed by atoms with Gasteiger partial charge in [0, 0.05) is 5.56 Å². The molecular formula is C19H19NO6S. The molecule has 0 amide bonds. The maximum absolute atomic E-state index is 12.9. The van der Waals surface area contributed by atoms with Crippen molar-refractivity contribution in [3.63, 3.8) is 0 Å². The van der Waals surface area contributed by atoms with Crippen LogP contribution in [0.3, 0.4) is 0 Å². The molecule has 1 aliphatic heterocycles. The van der Waals surface area contributed by atoms with Crippen LogP contribution in [0.2, 0.25) is 0 Å². The summed E-state index contributed by atoms with van der Waals surface area (Å²) < 4.78 is 43.8. The fourth-order valence-electron chi connectivity index (χ4n) is 2.70. The van der Waals surface area contributed by atoms with Crippen LogP contribution in [-0.2, 0) is 19.6 Å². The number of ether oxygens (including phenoxy) is 3. The Balaban J connectivity index is 2.05. The fraction of sp³-hybridized carbons (Fsp3) is 0.211. The molecule has 7 nitrogen and oxygen atoms in total. The van der Waals surface area contributed by atoms with Gasteiger partial charge in [-0.05, 0) is 37.3 Å². The van der Waals surface area contributed by atoms with Crippen molar-refractivity contribution in [3.05, 3.63) is 65.4 Å². The van der Waals surface area contributed by atoms with E-state index in [1.54, 1.807) is 30.3 Å². The van der Waals surface area contributed by atoms with Crippen LogP contribution in [0.1, 0.15) is 17.2 Å². The lowest BCUT2D eigenvalue weighted by atomic mass is 9.97. The number of rotatable bonds is 5. The van der Waals surface area contributed by atoms with Crippen molar-refractivity contribution in [2.75, 3.05) is 14.2 Å². The van der Waals surface area contributed by atoms with E-state index in [1.165, 1.54) is 32.6 Å². The highest BCUT2D eigenvalue weighted by Gasteiger charge is 2.34. The van der Waals surface area contributed by atoms with Crippen LogP contribution in [0.15, 0.2) is 59.2 Å². The number of carbonyl (C=O) groups excluding carboxylic acids is 1. The minimum Gasteiger partial charge on any atom is -0.497 e. The van der Waals surface area contributed by atoms with Gasteiger partial charge < -0.3 is 14.2 Å². The van der Waals surface area contributed by atoms with Gasteiger partial charge in [-0.3, -0.25) is 0 Å². The molecular weight excluding hydrogens is 370 g/mol. The van der Waals surface area contributed by atoms with Crippen molar-refractivity contribution < 1.29 is 27.4 Å². The first-order valence-corrected chi connectivity index (χ1v) is 9.56. The largest absolute Gasteiger partial charge is 0.497 e. The average Bonchev–Trinajstić information content (AvgIpc) is 2.67. The van der Waals surface area contributed by atoms with Gasteiger partial charge in [-0.15, -0.1) is 0 Å². The van der Waals surface area contributed by atoms with Gasteiger partial charge in [-0.1, -0.05) is 17.7 Å². The molecule has 142 valence electrons. The summed E-state index contributed by atoms with van der Waals surface area (Å²) in [7, 11) is -1.20. The molecule has 0 bridgehead atoms. The molecule has 0 spiro atoms. The first-order valence-electron chi connectivity index (χ1n) is 8.07. The molecule has 3 rings (SSSR count). The van der Waals surface area contributed by atoms with E-state index in [0.29, 0.717) is 17.1 Å². The third kappa shape index (κ3) is 3.81. The van der Waals surface area contributed by atoms with E-state index in [0.717, 1.165) is 5.56 Å². The quantitative estimate of drug-likeness (QED) is 0.790. The number of methoxy groups -OCH3 is 2. The Morgan fingerprint density at radius 1 is 1.11 bits per heavy atom. The molecule has 0 aliphatic carbocycles. The number of hydrogen-bond acceptors (Lipinski definition) is 6. The number of benzene rings is 2. The lowest BCUT2D eigenvalue weighted by molar-refractivity contribution is -0.136. The van der Waals surface area contributed by atoms with Gasteiger partial charge in [-0.2, -0.15) is 4.72 Å². The Hall–Kier alpha value is -2.84. The van der Waals surface area contributed by atoms with Gasteiger partial charge in [0.25, 0.3) is 0 Å². The Labute approximate surface area is 157 Å². The molecule has 1 heterocycles. The van der Waals surface area contributed by atoms with E-state index in [1.807, 2.05) is 6.92 Å². The van der Waals surface area contributed by atoms with Crippen LogP contribution in [0, 0.1) is 6.92 Å². The van der Waals surface area contributed by atoms with E-state index in [9.17, 15) is 13.2 Å².